The van der Waals surface area contributed by atoms with Gasteiger partial charge in [-0.3, -0.25) is 0 Å². The van der Waals surface area contributed by atoms with Gasteiger partial charge in [0, 0.05) is 27.3 Å². The Morgan fingerprint density at radius 1 is 1.21 bits per heavy atom. The van der Waals surface area contributed by atoms with Crippen LogP contribution in [-0.2, 0) is 20.3 Å². The molecule has 0 N–H and O–H groups in total. The van der Waals surface area contributed by atoms with Gasteiger partial charge in [0.1, 0.15) is 6.10 Å². The van der Waals surface area contributed by atoms with Crippen LogP contribution in [0, 0.1) is 12.8 Å². The second-order valence-corrected chi connectivity index (χ2v) is 9.51. The summed E-state index contributed by atoms with van der Waals surface area (Å²) in [5, 5.41) is 1.65. The lowest BCUT2D eigenvalue weighted by Gasteiger charge is -2.34. The highest BCUT2D eigenvalue weighted by Crippen LogP contribution is 2.35. The fraction of sp³-hybridized carbons (Fsp3) is 0.391. The Kier molecular flexibility index (Phi) is 8.55. The Morgan fingerprint density at radius 2 is 1.96 bits per heavy atom. The largest absolute Gasteiger partial charge is 0.497 e. The summed E-state index contributed by atoms with van der Waals surface area (Å²) in [6.45, 7) is 2.78. The maximum Gasteiger partial charge on any atom is 0.102 e. The molecule has 1 aliphatic heterocycles. The lowest BCUT2D eigenvalue weighted by atomic mass is 9.86. The number of benzene rings is 2. The van der Waals surface area contributed by atoms with Gasteiger partial charge in [0.15, 0.2) is 0 Å². The highest BCUT2D eigenvalue weighted by atomic mass is 127. The van der Waals surface area contributed by atoms with Gasteiger partial charge >= 0.3 is 0 Å². The Labute approximate surface area is 184 Å². The molecule has 4 atom stereocenters. The maximum absolute atomic E-state index is 12.4. The third-order valence-electron chi connectivity index (χ3n) is 5.10. The summed E-state index contributed by atoms with van der Waals surface area (Å²) in [6, 6.07) is 18.2. The van der Waals surface area contributed by atoms with E-state index in [2.05, 4.69) is 46.9 Å². The summed E-state index contributed by atoms with van der Waals surface area (Å²) in [6.07, 6.45) is 4.83. The average Bonchev–Trinajstić information content (AvgIpc) is 2.74. The van der Waals surface area contributed by atoms with Crippen molar-refractivity contribution in [2.45, 2.75) is 43.3 Å². The van der Waals surface area contributed by atoms with E-state index in [0.29, 0.717) is 5.92 Å². The quantitative estimate of drug-likeness (QED) is 0.250. The Morgan fingerprint density at radius 3 is 2.68 bits per heavy atom. The van der Waals surface area contributed by atoms with Crippen molar-refractivity contribution in [2.24, 2.45) is 5.92 Å². The van der Waals surface area contributed by atoms with E-state index in [1.165, 1.54) is 5.56 Å². The van der Waals surface area contributed by atoms with Crippen LogP contribution in [0.4, 0.5) is 0 Å². The normalized spacial score (nSPS) is 22.1. The first-order valence-corrected chi connectivity index (χ1v) is 12.4. The summed E-state index contributed by atoms with van der Waals surface area (Å²) < 4.78 is 25.6. The minimum Gasteiger partial charge on any atom is -0.497 e. The molecule has 3 nitrogen and oxygen atoms in total. The molecule has 0 amide bonds. The van der Waals surface area contributed by atoms with Crippen molar-refractivity contribution >= 4 is 33.4 Å². The lowest BCUT2D eigenvalue weighted by molar-refractivity contribution is -0.0485. The van der Waals surface area contributed by atoms with Crippen molar-refractivity contribution in [2.75, 3.05) is 11.0 Å². The summed E-state index contributed by atoms with van der Waals surface area (Å²) >= 11 is 2.40. The second kappa shape index (κ2) is 11.1. The third kappa shape index (κ3) is 6.16. The van der Waals surface area contributed by atoms with Crippen LogP contribution in [0.3, 0.4) is 0 Å². The van der Waals surface area contributed by atoms with E-state index in [1.54, 1.807) is 11.7 Å². The van der Waals surface area contributed by atoms with E-state index in [1.807, 2.05) is 37.3 Å². The van der Waals surface area contributed by atoms with Crippen LogP contribution in [0.2, 0.25) is 0 Å². The van der Waals surface area contributed by atoms with E-state index in [0.717, 1.165) is 40.8 Å². The Bertz CT molecular complexity index is 776. The first-order valence-electron chi connectivity index (χ1n) is 9.69. The topological polar surface area (TPSA) is 35.5 Å². The molecule has 2 aromatic carbocycles. The van der Waals surface area contributed by atoms with Crippen LogP contribution >= 0.6 is 22.6 Å². The molecule has 1 unspecified atom stereocenters. The predicted molar refractivity (Wildman–Crippen MR) is 123 cm³/mol. The van der Waals surface area contributed by atoms with E-state index >= 15 is 0 Å². The molecule has 2 aromatic rings. The number of ether oxygens (including phenoxy) is 2. The van der Waals surface area contributed by atoms with Crippen LogP contribution < -0.4 is 0 Å². The SMILES string of the molecule is Cc1ccc(S(=O)/C=C/O[C@@H](CCI)[C@@H]2CCO[C@H](c3ccccc3)C2)cc1. The van der Waals surface area contributed by atoms with Gasteiger partial charge in [0.05, 0.1) is 23.2 Å². The molecule has 28 heavy (non-hydrogen) atoms. The van der Waals surface area contributed by atoms with Gasteiger partial charge in [0.25, 0.3) is 0 Å². The molecule has 5 heteroatoms. The van der Waals surface area contributed by atoms with E-state index in [9.17, 15) is 4.21 Å². The number of hydrogen-bond acceptors (Lipinski definition) is 3. The number of hydrogen-bond donors (Lipinski definition) is 0. The Hall–Kier alpha value is -1.18. The van der Waals surface area contributed by atoms with Crippen LogP contribution in [-0.4, -0.2) is 21.3 Å². The molecule has 0 aliphatic carbocycles. The maximum atomic E-state index is 12.4. The smallest absolute Gasteiger partial charge is 0.102 e. The molecular formula is C23H27IO3S. The van der Waals surface area contributed by atoms with E-state index in [4.69, 9.17) is 9.47 Å². The van der Waals surface area contributed by atoms with Gasteiger partial charge < -0.3 is 9.47 Å². The zero-order valence-corrected chi connectivity index (χ0v) is 19.1. The monoisotopic (exact) mass is 510 g/mol. The number of aryl methyl sites for hydroxylation is 1. The van der Waals surface area contributed by atoms with Crippen LogP contribution in [0.1, 0.15) is 36.5 Å². The molecule has 3 rings (SSSR count). The lowest BCUT2D eigenvalue weighted by Crippen LogP contribution is -2.30. The van der Waals surface area contributed by atoms with Crippen molar-refractivity contribution in [3.05, 3.63) is 77.4 Å². The van der Waals surface area contributed by atoms with Gasteiger partial charge in [0.2, 0.25) is 0 Å². The number of halogens is 1. The molecule has 1 aliphatic rings. The molecule has 1 saturated heterocycles. The van der Waals surface area contributed by atoms with E-state index in [-0.39, 0.29) is 12.2 Å². The highest BCUT2D eigenvalue weighted by Gasteiger charge is 2.30. The van der Waals surface area contributed by atoms with Crippen LogP contribution in [0.25, 0.3) is 0 Å². The first kappa shape index (κ1) is 21.5. The van der Waals surface area contributed by atoms with Gasteiger partial charge in [-0.1, -0.05) is 70.6 Å². The molecule has 150 valence electrons. The first-order chi connectivity index (χ1) is 13.7. The molecule has 0 spiro atoms. The van der Waals surface area contributed by atoms with E-state index < -0.39 is 10.8 Å². The van der Waals surface area contributed by atoms with Gasteiger partial charge in [-0.25, -0.2) is 4.21 Å². The molecule has 0 radical (unpaired) electrons. The van der Waals surface area contributed by atoms with Crippen molar-refractivity contribution in [1.29, 1.82) is 0 Å². The zero-order chi connectivity index (χ0) is 19.8. The van der Waals surface area contributed by atoms with Crippen molar-refractivity contribution in [3.8, 4) is 0 Å². The summed E-state index contributed by atoms with van der Waals surface area (Å²) in [5.74, 6) is 0.436. The Balaban J connectivity index is 1.60. The van der Waals surface area contributed by atoms with Gasteiger partial charge in [-0.2, -0.15) is 0 Å². The molecule has 1 fully saturated rings. The van der Waals surface area contributed by atoms with Crippen molar-refractivity contribution < 1.29 is 13.7 Å². The molecule has 0 aromatic heterocycles. The van der Waals surface area contributed by atoms with Crippen LogP contribution in [0.15, 0.2) is 71.2 Å². The molecule has 0 saturated carbocycles. The van der Waals surface area contributed by atoms with Crippen molar-refractivity contribution in [1.82, 2.24) is 0 Å². The summed E-state index contributed by atoms with van der Waals surface area (Å²) in [5.41, 5.74) is 2.40. The predicted octanol–water partition coefficient (Wildman–Crippen LogP) is 5.95. The fourth-order valence-electron chi connectivity index (χ4n) is 3.52. The average molecular weight is 510 g/mol. The molecule has 1 heterocycles. The van der Waals surface area contributed by atoms with Gasteiger partial charge in [-0.15, -0.1) is 0 Å². The van der Waals surface area contributed by atoms with Gasteiger partial charge in [-0.05, 0) is 43.9 Å². The second-order valence-electron chi connectivity index (χ2n) is 7.09. The molecule has 0 bridgehead atoms. The molecular weight excluding hydrogens is 483 g/mol. The zero-order valence-electron chi connectivity index (χ0n) is 16.1. The standard InChI is InChI=1S/C23H27IO3S/c1-18-7-9-21(10-8-18)28(25)16-15-27-22(11-13-24)20-12-14-26-23(17-20)19-5-3-2-4-6-19/h2-10,15-16,20,22-23H,11-14,17H2,1H3/b16-15+/t20-,22+,23+,28?/m1/s1. The third-order valence-corrected chi connectivity index (χ3v) is 6.82. The number of rotatable bonds is 8. The minimum absolute atomic E-state index is 0.123. The fourth-order valence-corrected chi connectivity index (χ4v) is 4.86. The van der Waals surface area contributed by atoms with Crippen molar-refractivity contribution in [3.63, 3.8) is 0 Å². The summed E-state index contributed by atoms with van der Waals surface area (Å²) in [4.78, 5) is 0.797. The minimum atomic E-state index is -1.19. The van der Waals surface area contributed by atoms with Crippen LogP contribution in [0.5, 0.6) is 0 Å². The number of alkyl halides is 1. The summed E-state index contributed by atoms with van der Waals surface area (Å²) in [7, 11) is -1.19. The highest BCUT2D eigenvalue weighted by molar-refractivity contribution is 14.1.